The van der Waals surface area contributed by atoms with E-state index in [9.17, 15) is 0 Å². The molecular formula is C24H25IOSe. The van der Waals surface area contributed by atoms with Crippen molar-refractivity contribution in [3.63, 3.8) is 0 Å². The van der Waals surface area contributed by atoms with Gasteiger partial charge in [0.1, 0.15) is 0 Å². The second-order valence-electron chi connectivity index (χ2n) is 6.42. The molecule has 3 heteroatoms. The number of rotatable bonds is 10. The molecule has 0 heterocycles. The van der Waals surface area contributed by atoms with Gasteiger partial charge < -0.3 is 0 Å². The molecule has 0 saturated carbocycles. The average molecular weight is 535 g/mol. The SMILES string of the molecule is Ic1ccccc1-c1ccccc1[Se]CCCCCOCc1ccccc1. The molecule has 0 radical (unpaired) electrons. The molecule has 0 saturated heterocycles. The molecule has 0 aliphatic heterocycles. The van der Waals surface area contributed by atoms with Gasteiger partial charge in [-0.05, 0) is 0 Å². The van der Waals surface area contributed by atoms with Crippen molar-refractivity contribution in [3.05, 3.63) is 88.0 Å². The fraction of sp³-hybridized carbons (Fsp3) is 0.250. The Kier molecular flexibility index (Phi) is 8.89. The van der Waals surface area contributed by atoms with Crippen LogP contribution in [-0.2, 0) is 11.3 Å². The van der Waals surface area contributed by atoms with Crippen LogP contribution in [0, 0.1) is 3.57 Å². The van der Waals surface area contributed by atoms with E-state index in [2.05, 4.69) is 95.4 Å². The minimum atomic E-state index is 0.528. The quantitative estimate of drug-likeness (QED) is 0.174. The molecule has 140 valence electrons. The Labute approximate surface area is 182 Å². The van der Waals surface area contributed by atoms with Crippen molar-refractivity contribution in [1.82, 2.24) is 0 Å². The Hall–Kier alpha value is -1.13. The van der Waals surface area contributed by atoms with Gasteiger partial charge in [-0.1, -0.05) is 0 Å². The Balaban J connectivity index is 1.38. The normalized spacial score (nSPS) is 10.9. The fourth-order valence-corrected chi connectivity index (χ4v) is 5.86. The summed E-state index contributed by atoms with van der Waals surface area (Å²) in [7, 11) is 0. The van der Waals surface area contributed by atoms with Crippen LogP contribution in [0.2, 0.25) is 5.32 Å². The summed E-state index contributed by atoms with van der Waals surface area (Å²) in [5.74, 6) is 0. The summed E-state index contributed by atoms with van der Waals surface area (Å²) < 4.78 is 8.63. The summed E-state index contributed by atoms with van der Waals surface area (Å²) in [4.78, 5) is 0. The first-order chi connectivity index (χ1) is 13.3. The zero-order valence-electron chi connectivity index (χ0n) is 15.4. The zero-order valence-corrected chi connectivity index (χ0v) is 19.3. The van der Waals surface area contributed by atoms with E-state index in [0.29, 0.717) is 15.0 Å². The zero-order chi connectivity index (χ0) is 18.7. The van der Waals surface area contributed by atoms with E-state index < -0.39 is 0 Å². The Morgan fingerprint density at radius 3 is 2.22 bits per heavy atom. The molecule has 0 bridgehead atoms. The number of halogens is 1. The number of ether oxygens (including phenoxy) is 1. The minimum absolute atomic E-state index is 0.528. The Morgan fingerprint density at radius 1 is 0.704 bits per heavy atom. The Morgan fingerprint density at radius 2 is 1.41 bits per heavy atom. The molecular weight excluding hydrogens is 510 g/mol. The van der Waals surface area contributed by atoms with Crippen molar-refractivity contribution in [3.8, 4) is 11.1 Å². The first kappa shape index (κ1) is 20.6. The average Bonchev–Trinajstić information content (AvgIpc) is 2.71. The third-order valence-electron chi connectivity index (χ3n) is 4.35. The summed E-state index contributed by atoms with van der Waals surface area (Å²) in [5.41, 5.74) is 4.03. The van der Waals surface area contributed by atoms with E-state index in [1.54, 1.807) is 0 Å². The van der Waals surface area contributed by atoms with E-state index in [0.717, 1.165) is 19.6 Å². The maximum atomic E-state index is 5.78. The molecule has 1 nitrogen and oxygen atoms in total. The summed E-state index contributed by atoms with van der Waals surface area (Å²) >= 11 is 2.97. The second-order valence-corrected chi connectivity index (χ2v) is 9.97. The molecule has 0 amide bonds. The van der Waals surface area contributed by atoms with Crippen molar-refractivity contribution >= 4 is 42.0 Å². The van der Waals surface area contributed by atoms with Crippen molar-refractivity contribution in [2.24, 2.45) is 0 Å². The summed E-state index contributed by atoms with van der Waals surface area (Å²) in [6.07, 6.45) is 3.69. The van der Waals surface area contributed by atoms with Gasteiger partial charge in [0.25, 0.3) is 0 Å². The monoisotopic (exact) mass is 536 g/mol. The van der Waals surface area contributed by atoms with E-state index in [-0.39, 0.29) is 0 Å². The summed E-state index contributed by atoms with van der Waals surface area (Å²) in [6, 6.07) is 28.0. The molecule has 0 aliphatic carbocycles. The molecule has 0 spiro atoms. The summed E-state index contributed by atoms with van der Waals surface area (Å²) in [5, 5.41) is 1.30. The predicted octanol–water partition coefficient (Wildman–Crippen LogP) is 6.09. The molecule has 0 atom stereocenters. The van der Waals surface area contributed by atoms with Crippen molar-refractivity contribution in [1.29, 1.82) is 0 Å². The van der Waals surface area contributed by atoms with Crippen LogP contribution in [0.15, 0.2) is 78.9 Å². The number of unbranched alkanes of at least 4 members (excludes halogenated alkanes) is 2. The van der Waals surface area contributed by atoms with Gasteiger partial charge in [0.2, 0.25) is 0 Å². The second kappa shape index (κ2) is 11.7. The maximum absolute atomic E-state index is 5.78. The molecule has 3 aromatic carbocycles. The first-order valence-electron chi connectivity index (χ1n) is 9.43. The predicted molar refractivity (Wildman–Crippen MR) is 125 cm³/mol. The molecule has 0 aliphatic rings. The van der Waals surface area contributed by atoms with Crippen LogP contribution in [0.1, 0.15) is 24.8 Å². The molecule has 3 aromatic rings. The Bertz CT molecular complexity index is 819. The van der Waals surface area contributed by atoms with Crippen LogP contribution in [0.3, 0.4) is 0 Å². The van der Waals surface area contributed by atoms with E-state index in [1.807, 2.05) is 6.07 Å². The van der Waals surface area contributed by atoms with E-state index >= 15 is 0 Å². The van der Waals surface area contributed by atoms with Gasteiger partial charge in [-0.2, -0.15) is 0 Å². The molecule has 0 aromatic heterocycles. The topological polar surface area (TPSA) is 9.23 Å². The van der Waals surface area contributed by atoms with Crippen LogP contribution in [0.25, 0.3) is 11.1 Å². The molecule has 0 unspecified atom stereocenters. The standard InChI is InChI=1S/C24H25IOSe/c25-23-15-7-5-13-21(23)22-14-6-8-16-24(22)27-18-10-2-9-17-26-19-20-11-3-1-4-12-20/h1,3-8,11-16H,2,9-10,17-19H2. The number of hydrogen-bond donors (Lipinski definition) is 0. The van der Waals surface area contributed by atoms with E-state index in [1.165, 1.54) is 42.9 Å². The van der Waals surface area contributed by atoms with Crippen LogP contribution < -0.4 is 4.46 Å². The first-order valence-corrected chi connectivity index (χ1v) is 12.6. The van der Waals surface area contributed by atoms with Gasteiger partial charge in [-0.3, -0.25) is 0 Å². The van der Waals surface area contributed by atoms with Gasteiger partial charge in [0.15, 0.2) is 0 Å². The molecule has 27 heavy (non-hydrogen) atoms. The van der Waals surface area contributed by atoms with Gasteiger partial charge in [-0.15, -0.1) is 0 Å². The third kappa shape index (κ3) is 6.76. The molecule has 0 fully saturated rings. The molecule has 3 rings (SSSR count). The van der Waals surface area contributed by atoms with Gasteiger partial charge in [-0.25, -0.2) is 0 Å². The summed E-state index contributed by atoms with van der Waals surface area (Å²) in [6.45, 7) is 1.59. The van der Waals surface area contributed by atoms with Crippen LogP contribution in [-0.4, -0.2) is 21.6 Å². The fourth-order valence-electron chi connectivity index (χ4n) is 2.92. The molecule has 0 N–H and O–H groups in total. The van der Waals surface area contributed by atoms with Crippen molar-refractivity contribution in [2.75, 3.05) is 6.61 Å². The van der Waals surface area contributed by atoms with Gasteiger partial charge >= 0.3 is 184 Å². The van der Waals surface area contributed by atoms with Gasteiger partial charge in [0.05, 0.1) is 0 Å². The van der Waals surface area contributed by atoms with Gasteiger partial charge in [0, 0.05) is 0 Å². The van der Waals surface area contributed by atoms with E-state index in [4.69, 9.17) is 4.74 Å². The van der Waals surface area contributed by atoms with Crippen molar-refractivity contribution in [2.45, 2.75) is 31.2 Å². The third-order valence-corrected chi connectivity index (χ3v) is 7.73. The number of benzene rings is 3. The number of hydrogen-bond acceptors (Lipinski definition) is 1. The van der Waals surface area contributed by atoms with Crippen LogP contribution in [0.4, 0.5) is 0 Å². The van der Waals surface area contributed by atoms with Crippen LogP contribution >= 0.6 is 22.6 Å². The van der Waals surface area contributed by atoms with Crippen molar-refractivity contribution < 1.29 is 4.74 Å². The van der Waals surface area contributed by atoms with Crippen LogP contribution in [0.5, 0.6) is 0 Å².